The molecule has 0 amide bonds. The molecule has 1 rings (SSSR count). The van der Waals surface area contributed by atoms with Crippen LogP contribution >= 0.6 is 0 Å². The Hall–Kier alpha value is -2.24. The minimum atomic E-state index is -1.08. The Balaban J connectivity index is 2.73. The molecule has 18 heavy (non-hydrogen) atoms. The predicted octanol–water partition coefficient (Wildman–Crippen LogP) is 1.39. The van der Waals surface area contributed by atoms with Crippen molar-refractivity contribution in [3.05, 3.63) is 24.3 Å². The number of aliphatic carboxylic acids is 2. The van der Waals surface area contributed by atoms with Crippen LogP contribution in [0.15, 0.2) is 24.3 Å². The van der Waals surface area contributed by atoms with Crippen LogP contribution in [0.3, 0.4) is 0 Å². The summed E-state index contributed by atoms with van der Waals surface area (Å²) in [5, 5.41) is 17.4. The van der Waals surface area contributed by atoms with Gasteiger partial charge < -0.3 is 19.7 Å². The van der Waals surface area contributed by atoms with Crippen molar-refractivity contribution in [3.8, 4) is 11.5 Å². The largest absolute Gasteiger partial charge is 0.479 e. The molecule has 1 aromatic rings. The zero-order chi connectivity index (χ0) is 13.7. The van der Waals surface area contributed by atoms with Gasteiger partial charge >= 0.3 is 11.9 Å². The van der Waals surface area contributed by atoms with Gasteiger partial charge in [0.25, 0.3) is 0 Å². The summed E-state index contributed by atoms with van der Waals surface area (Å²) in [6, 6.07) is 6.17. The maximum absolute atomic E-state index is 10.6. The SMILES string of the molecule is C[C@H](Oc1cccc(O[C@@H](C)C(=O)O)c1)C(=O)O. The molecule has 0 aliphatic heterocycles. The lowest BCUT2D eigenvalue weighted by molar-refractivity contribution is -0.144. The van der Waals surface area contributed by atoms with E-state index in [1.165, 1.54) is 19.9 Å². The van der Waals surface area contributed by atoms with E-state index in [1.54, 1.807) is 18.2 Å². The molecule has 2 atom stereocenters. The van der Waals surface area contributed by atoms with E-state index in [9.17, 15) is 9.59 Å². The minimum absolute atomic E-state index is 0.306. The number of hydrogen-bond acceptors (Lipinski definition) is 4. The quantitative estimate of drug-likeness (QED) is 0.796. The van der Waals surface area contributed by atoms with E-state index in [1.807, 2.05) is 0 Å². The molecule has 0 unspecified atom stereocenters. The second-order valence-electron chi connectivity index (χ2n) is 3.67. The summed E-state index contributed by atoms with van der Waals surface area (Å²) in [4.78, 5) is 21.2. The summed E-state index contributed by atoms with van der Waals surface area (Å²) < 4.78 is 10.3. The third-order valence-corrected chi connectivity index (χ3v) is 2.13. The zero-order valence-corrected chi connectivity index (χ0v) is 9.99. The number of carbonyl (C=O) groups is 2. The molecule has 0 radical (unpaired) electrons. The number of hydrogen-bond donors (Lipinski definition) is 2. The summed E-state index contributed by atoms with van der Waals surface area (Å²) in [5.74, 6) is -1.56. The van der Waals surface area contributed by atoms with Gasteiger partial charge in [-0.2, -0.15) is 0 Å². The molecule has 1 aromatic carbocycles. The molecule has 0 saturated carbocycles. The van der Waals surface area contributed by atoms with Gasteiger partial charge in [0.05, 0.1) is 0 Å². The highest BCUT2D eigenvalue weighted by molar-refractivity contribution is 5.72. The Morgan fingerprint density at radius 2 is 1.39 bits per heavy atom. The molecule has 0 aliphatic carbocycles. The first kappa shape index (κ1) is 13.8. The van der Waals surface area contributed by atoms with Crippen molar-refractivity contribution in [2.75, 3.05) is 0 Å². The fraction of sp³-hybridized carbons (Fsp3) is 0.333. The van der Waals surface area contributed by atoms with E-state index >= 15 is 0 Å². The maximum Gasteiger partial charge on any atom is 0.344 e. The number of benzene rings is 1. The fourth-order valence-electron chi connectivity index (χ4n) is 1.13. The minimum Gasteiger partial charge on any atom is -0.479 e. The Morgan fingerprint density at radius 3 is 1.72 bits per heavy atom. The van der Waals surface area contributed by atoms with E-state index in [0.29, 0.717) is 11.5 Å². The molecular weight excluding hydrogens is 240 g/mol. The van der Waals surface area contributed by atoms with Crippen molar-refractivity contribution in [2.45, 2.75) is 26.1 Å². The monoisotopic (exact) mass is 254 g/mol. The second kappa shape index (κ2) is 5.90. The average molecular weight is 254 g/mol. The Labute approximate surface area is 104 Å². The van der Waals surface area contributed by atoms with Gasteiger partial charge in [0.1, 0.15) is 11.5 Å². The number of carboxylic acid groups (broad SMARTS) is 2. The van der Waals surface area contributed by atoms with Crippen LogP contribution in [0.25, 0.3) is 0 Å². The maximum atomic E-state index is 10.6. The van der Waals surface area contributed by atoms with Crippen LogP contribution in [-0.2, 0) is 9.59 Å². The van der Waals surface area contributed by atoms with Gasteiger partial charge in [-0.05, 0) is 26.0 Å². The third kappa shape index (κ3) is 3.97. The number of rotatable bonds is 6. The standard InChI is InChI=1S/C12H14O6/c1-7(11(13)14)17-9-4-3-5-10(6-9)18-8(2)12(15)16/h3-8H,1-2H3,(H,13,14)(H,15,16)/t7-,8-/m0/s1. The van der Waals surface area contributed by atoms with Crippen LogP contribution in [0.1, 0.15) is 13.8 Å². The van der Waals surface area contributed by atoms with Gasteiger partial charge in [-0.15, -0.1) is 0 Å². The van der Waals surface area contributed by atoms with Crippen LogP contribution in [0.2, 0.25) is 0 Å². The van der Waals surface area contributed by atoms with E-state index in [0.717, 1.165) is 0 Å². The summed E-state index contributed by atoms with van der Waals surface area (Å²) >= 11 is 0. The van der Waals surface area contributed by atoms with Gasteiger partial charge in [-0.3, -0.25) is 0 Å². The van der Waals surface area contributed by atoms with Crippen LogP contribution in [0.5, 0.6) is 11.5 Å². The number of carboxylic acids is 2. The predicted molar refractivity (Wildman–Crippen MR) is 61.9 cm³/mol. The molecule has 0 bridgehead atoms. The highest BCUT2D eigenvalue weighted by atomic mass is 16.5. The molecule has 0 aromatic heterocycles. The smallest absolute Gasteiger partial charge is 0.344 e. The zero-order valence-electron chi connectivity index (χ0n) is 9.99. The van der Waals surface area contributed by atoms with E-state index in [2.05, 4.69) is 0 Å². The van der Waals surface area contributed by atoms with Gasteiger partial charge in [0, 0.05) is 6.07 Å². The van der Waals surface area contributed by atoms with Gasteiger partial charge in [-0.1, -0.05) is 6.07 Å². The number of ether oxygens (including phenoxy) is 2. The molecule has 0 saturated heterocycles. The van der Waals surface area contributed by atoms with Crippen molar-refractivity contribution in [1.29, 1.82) is 0 Å². The molecule has 2 N–H and O–H groups in total. The van der Waals surface area contributed by atoms with Gasteiger partial charge in [0.2, 0.25) is 0 Å². The topological polar surface area (TPSA) is 93.1 Å². The first-order chi connectivity index (χ1) is 8.40. The molecule has 0 spiro atoms. The molecule has 0 aliphatic rings. The first-order valence-corrected chi connectivity index (χ1v) is 5.29. The summed E-state index contributed by atoms with van der Waals surface area (Å²) in [5.41, 5.74) is 0. The van der Waals surface area contributed by atoms with Crippen molar-refractivity contribution < 1.29 is 29.3 Å². The van der Waals surface area contributed by atoms with Crippen LogP contribution in [0, 0.1) is 0 Å². The van der Waals surface area contributed by atoms with E-state index < -0.39 is 24.1 Å². The summed E-state index contributed by atoms with van der Waals surface area (Å²) in [6.07, 6.45) is -1.98. The Bertz CT molecular complexity index is 405. The summed E-state index contributed by atoms with van der Waals surface area (Å²) in [7, 11) is 0. The molecule has 6 heteroatoms. The van der Waals surface area contributed by atoms with Crippen LogP contribution in [-0.4, -0.2) is 34.4 Å². The highest BCUT2D eigenvalue weighted by Gasteiger charge is 2.15. The van der Waals surface area contributed by atoms with Crippen LogP contribution in [0.4, 0.5) is 0 Å². The van der Waals surface area contributed by atoms with Gasteiger partial charge in [-0.25, -0.2) is 9.59 Å². The van der Waals surface area contributed by atoms with E-state index in [4.69, 9.17) is 19.7 Å². The summed E-state index contributed by atoms with van der Waals surface area (Å²) in [6.45, 7) is 2.80. The molecular formula is C12H14O6. The van der Waals surface area contributed by atoms with Gasteiger partial charge in [0.15, 0.2) is 12.2 Å². The molecule has 0 fully saturated rings. The Kier molecular flexibility index (Phi) is 4.53. The second-order valence-corrected chi connectivity index (χ2v) is 3.67. The molecule has 0 heterocycles. The lowest BCUT2D eigenvalue weighted by Gasteiger charge is -2.13. The highest BCUT2D eigenvalue weighted by Crippen LogP contribution is 2.21. The third-order valence-electron chi connectivity index (χ3n) is 2.13. The van der Waals surface area contributed by atoms with Crippen molar-refractivity contribution in [3.63, 3.8) is 0 Å². The fourth-order valence-corrected chi connectivity index (χ4v) is 1.13. The molecule has 6 nitrogen and oxygen atoms in total. The normalized spacial score (nSPS) is 13.4. The van der Waals surface area contributed by atoms with E-state index in [-0.39, 0.29) is 0 Å². The van der Waals surface area contributed by atoms with Crippen LogP contribution < -0.4 is 9.47 Å². The molecule has 98 valence electrons. The lowest BCUT2D eigenvalue weighted by Crippen LogP contribution is -2.24. The average Bonchev–Trinajstić information content (AvgIpc) is 2.29. The van der Waals surface area contributed by atoms with Crippen molar-refractivity contribution in [1.82, 2.24) is 0 Å². The lowest BCUT2D eigenvalue weighted by atomic mass is 10.3. The van der Waals surface area contributed by atoms with Crippen molar-refractivity contribution in [2.24, 2.45) is 0 Å². The first-order valence-electron chi connectivity index (χ1n) is 5.29. The Morgan fingerprint density at radius 1 is 1.00 bits per heavy atom. The van der Waals surface area contributed by atoms with Crippen molar-refractivity contribution >= 4 is 11.9 Å².